The van der Waals surface area contributed by atoms with Crippen LogP contribution in [0.2, 0.25) is 0 Å². The van der Waals surface area contributed by atoms with E-state index < -0.39 is 10.0 Å². The van der Waals surface area contributed by atoms with Gasteiger partial charge in [0.1, 0.15) is 0 Å². The summed E-state index contributed by atoms with van der Waals surface area (Å²) in [6, 6.07) is 0. The molecule has 2 saturated heterocycles. The molecular formula is C14H28N4O3S2. The lowest BCUT2D eigenvalue weighted by atomic mass is 10.2. The summed E-state index contributed by atoms with van der Waals surface area (Å²) in [5.74, 6) is 2.53. The molecule has 1 atom stereocenters. The Kier molecular flexibility index (Phi) is 7.94. The Morgan fingerprint density at radius 3 is 2.78 bits per heavy atom. The third-order valence-electron chi connectivity index (χ3n) is 3.84. The summed E-state index contributed by atoms with van der Waals surface area (Å²) in [7, 11) is -3.17. The fourth-order valence-electron chi connectivity index (χ4n) is 2.58. The lowest BCUT2D eigenvalue weighted by molar-refractivity contribution is 0.117. The van der Waals surface area contributed by atoms with Crippen molar-refractivity contribution in [2.45, 2.75) is 25.9 Å². The summed E-state index contributed by atoms with van der Waals surface area (Å²) in [5.41, 5.74) is 0. The average molecular weight is 365 g/mol. The minimum Gasteiger partial charge on any atom is -0.376 e. The molecule has 2 rings (SSSR count). The van der Waals surface area contributed by atoms with E-state index in [-0.39, 0.29) is 11.9 Å². The third kappa shape index (κ3) is 6.48. The van der Waals surface area contributed by atoms with Gasteiger partial charge < -0.3 is 15.4 Å². The van der Waals surface area contributed by atoms with Crippen molar-refractivity contribution in [1.82, 2.24) is 14.9 Å². The van der Waals surface area contributed by atoms with Crippen molar-refractivity contribution >= 4 is 27.7 Å². The highest BCUT2D eigenvalue weighted by molar-refractivity contribution is 7.99. The molecule has 2 N–H and O–H groups in total. The van der Waals surface area contributed by atoms with Gasteiger partial charge in [-0.25, -0.2) is 12.7 Å². The fourth-order valence-corrected chi connectivity index (χ4v) is 5.07. The van der Waals surface area contributed by atoms with Gasteiger partial charge in [0.05, 0.1) is 18.4 Å². The van der Waals surface area contributed by atoms with Crippen LogP contribution in [-0.2, 0) is 14.8 Å². The molecule has 2 aliphatic heterocycles. The number of hydrogen-bond acceptors (Lipinski definition) is 5. The number of sulfonamides is 1. The molecule has 0 aromatic rings. The number of guanidine groups is 1. The van der Waals surface area contributed by atoms with Crippen LogP contribution < -0.4 is 10.6 Å². The number of aliphatic imine (C=N–C) groups is 1. The molecule has 0 bridgehead atoms. The second-order valence-electron chi connectivity index (χ2n) is 5.61. The van der Waals surface area contributed by atoms with Crippen LogP contribution in [0.15, 0.2) is 4.99 Å². The number of thioether (sulfide) groups is 1. The molecule has 2 aliphatic rings. The van der Waals surface area contributed by atoms with E-state index in [1.165, 1.54) is 0 Å². The Bertz CT molecular complexity index is 472. The van der Waals surface area contributed by atoms with Gasteiger partial charge in [0.2, 0.25) is 10.0 Å². The van der Waals surface area contributed by atoms with Crippen molar-refractivity contribution in [1.29, 1.82) is 0 Å². The van der Waals surface area contributed by atoms with Gasteiger partial charge in [0.15, 0.2) is 5.96 Å². The molecule has 0 aliphatic carbocycles. The third-order valence-corrected chi connectivity index (χ3v) is 6.65. The molecule has 0 aromatic heterocycles. The Morgan fingerprint density at radius 1 is 1.35 bits per heavy atom. The van der Waals surface area contributed by atoms with E-state index in [0.29, 0.717) is 32.1 Å². The van der Waals surface area contributed by atoms with Crippen molar-refractivity contribution in [3.63, 3.8) is 0 Å². The molecule has 2 fully saturated rings. The zero-order chi connectivity index (χ0) is 16.5. The number of ether oxygens (including phenoxy) is 1. The van der Waals surface area contributed by atoms with Crippen LogP contribution in [0.4, 0.5) is 0 Å². The van der Waals surface area contributed by atoms with E-state index in [4.69, 9.17) is 4.74 Å². The molecule has 0 spiro atoms. The predicted octanol–water partition coefficient (Wildman–Crippen LogP) is 0.0991. The summed E-state index contributed by atoms with van der Waals surface area (Å²) >= 11 is 1.81. The van der Waals surface area contributed by atoms with Crippen molar-refractivity contribution in [3.8, 4) is 0 Å². The second kappa shape index (κ2) is 9.71. The van der Waals surface area contributed by atoms with E-state index in [2.05, 4.69) is 15.6 Å². The smallest absolute Gasteiger partial charge is 0.215 e. The van der Waals surface area contributed by atoms with Crippen LogP contribution in [0.1, 0.15) is 19.8 Å². The number of rotatable bonds is 7. The highest BCUT2D eigenvalue weighted by atomic mass is 32.2. The molecule has 1 unspecified atom stereocenters. The first-order chi connectivity index (χ1) is 11.1. The summed E-state index contributed by atoms with van der Waals surface area (Å²) < 4.78 is 31.7. The minimum atomic E-state index is -3.17. The number of nitrogens with zero attached hydrogens (tertiary/aromatic N) is 2. The van der Waals surface area contributed by atoms with E-state index in [0.717, 1.165) is 37.5 Å². The molecule has 2 heterocycles. The Hall–Kier alpha value is -0.510. The normalized spacial score (nSPS) is 23.9. The van der Waals surface area contributed by atoms with Gasteiger partial charge in [-0.05, 0) is 19.8 Å². The maximum absolute atomic E-state index is 12.3. The van der Waals surface area contributed by atoms with Crippen molar-refractivity contribution in [2.75, 3.05) is 56.6 Å². The summed E-state index contributed by atoms with van der Waals surface area (Å²) in [6.07, 6.45) is 2.33. The van der Waals surface area contributed by atoms with Crippen LogP contribution in [0.3, 0.4) is 0 Å². The van der Waals surface area contributed by atoms with Crippen LogP contribution in [0, 0.1) is 0 Å². The molecule has 7 nitrogen and oxygen atoms in total. The first-order valence-corrected chi connectivity index (χ1v) is 11.1. The Labute approximate surface area is 143 Å². The molecule has 9 heteroatoms. The highest BCUT2D eigenvalue weighted by Crippen LogP contribution is 2.13. The minimum absolute atomic E-state index is 0.0992. The topological polar surface area (TPSA) is 83.0 Å². The van der Waals surface area contributed by atoms with Gasteiger partial charge in [-0.1, -0.05) is 0 Å². The van der Waals surface area contributed by atoms with Gasteiger partial charge in [-0.3, -0.25) is 4.99 Å². The van der Waals surface area contributed by atoms with Gasteiger partial charge in [-0.2, -0.15) is 11.8 Å². The second-order valence-corrected chi connectivity index (χ2v) is 8.92. The van der Waals surface area contributed by atoms with Crippen molar-refractivity contribution < 1.29 is 13.2 Å². The summed E-state index contributed by atoms with van der Waals surface area (Å²) in [5, 5.41) is 6.26. The highest BCUT2D eigenvalue weighted by Gasteiger charge is 2.23. The molecule has 134 valence electrons. The Balaban J connectivity index is 1.77. The van der Waals surface area contributed by atoms with E-state index in [1.807, 2.05) is 6.92 Å². The maximum Gasteiger partial charge on any atom is 0.215 e. The van der Waals surface area contributed by atoms with Crippen molar-refractivity contribution in [2.24, 2.45) is 4.99 Å². The van der Waals surface area contributed by atoms with Gasteiger partial charge in [0, 0.05) is 44.3 Å². The number of hydrogen-bond donors (Lipinski definition) is 2. The number of nitrogens with one attached hydrogen (secondary N) is 2. The van der Waals surface area contributed by atoms with Crippen LogP contribution in [0.25, 0.3) is 0 Å². The predicted molar refractivity (Wildman–Crippen MR) is 95.6 cm³/mol. The van der Waals surface area contributed by atoms with E-state index in [9.17, 15) is 8.42 Å². The van der Waals surface area contributed by atoms with Gasteiger partial charge in [-0.15, -0.1) is 0 Å². The Morgan fingerprint density at radius 2 is 2.13 bits per heavy atom. The van der Waals surface area contributed by atoms with Gasteiger partial charge in [0.25, 0.3) is 0 Å². The zero-order valence-electron chi connectivity index (χ0n) is 13.8. The zero-order valence-corrected chi connectivity index (χ0v) is 15.4. The van der Waals surface area contributed by atoms with Crippen LogP contribution >= 0.6 is 11.8 Å². The maximum atomic E-state index is 12.3. The SMILES string of the molecule is CCNC(=NCC1CCCO1)NCCS(=O)(=O)N1CCSCC1. The van der Waals surface area contributed by atoms with Crippen LogP contribution in [0.5, 0.6) is 0 Å². The molecule has 23 heavy (non-hydrogen) atoms. The van der Waals surface area contributed by atoms with E-state index >= 15 is 0 Å². The van der Waals surface area contributed by atoms with Crippen LogP contribution in [-0.4, -0.2) is 81.4 Å². The van der Waals surface area contributed by atoms with Gasteiger partial charge >= 0.3 is 0 Å². The van der Waals surface area contributed by atoms with Crippen molar-refractivity contribution in [3.05, 3.63) is 0 Å². The first-order valence-electron chi connectivity index (χ1n) is 8.31. The lowest BCUT2D eigenvalue weighted by Gasteiger charge is -2.25. The fraction of sp³-hybridized carbons (Fsp3) is 0.929. The molecule has 0 amide bonds. The summed E-state index contributed by atoms with van der Waals surface area (Å²) in [4.78, 5) is 4.49. The lowest BCUT2D eigenvalue weighted by Crippen LogP contribution is -2.44. The largest absolute Gasteiger partial charge is 0.376 e. The quantitative estimate of drug-likeness (QED) is 0.492. The average Bonchev–Trinajstić information content (AvgIpc) is 3.07. The summed E-state index contributed by atoms with van der Waals surface area (Å²) in [6.45, 7) is 5.78. The molecule has 0 saturated carbocycles. The van der Waals surface area contributed by atoms with E-state index in [1.54, 1.807) is 16.1 Å². The monoisotopic (exact) mass is 364 g/mol. The molecular weight excluding hydrogens is 336 g/mol. The molecule has 0 radical (unpaired) electrons. The standard InChI is InChI=1S/C14H28N4O3S2/c1-2-15-14(17-12-13-4-3-8-21-13)16-5-11-23(19,20)18-6-9-22-10-7-18/h13H,2-12H2,1H3,(H2,15,16,17). The first kappa shape index (κ1) is 18.8. The molecule has 0 aromatic carbocycles.